The Morgan fingerprint density at radius 1 is 1.12 bits per heavy atom. The molecule has 1 N–H and O–H groups in total. The van der Waals surface area contributed by atoms with Gasteiger partial charge in [0.05, 0.1) is 9.88 Å². The maximum Gasteiger partial charge on any atom is 0.261 e. The molecule has 0 saturated heterocycles. The Balaban J connectivity index is 1.51. The molecule has 3 nitrogen and oxygen atoms in total. The zero-order valence-corrected chi connectivity index (χ0v) is 14.9. The lowest BCUT2D eigenvalue weighted by Crippen LogP contribution is -2.35. The quantitative estimate of drug-likeness (QED) is 0.862. The minimum atomic E-state index is 0.0956. The van der Waals surface area contributed by atoms with E-state index in [2.05, 4.69) is 47.5 Å². The summed E-state index contributed by atoms with van der Waals surface area (Å²) in [5.74, 6) is 0.0956. The molecule has 2 aromatic rings. The van der Waals surface area contributed by atoms with Gasteiger partial charge in [-0.05, 0) is 49.9 Å². The van der Waals surface area contributed by atoms with E-state index in [0.717, 1.165) is 24.1 Å². The van der Waals surface area contributed by atoms with Crippen LogP contribution in [0, 0.1) is 0 Å². The van der Waals surface area contributed by atoms with Gasteiger partial charge >= 0.3 is 0 Å². The predicted molar refractivity (Wildman–Crippen MR) is 100 cm³/mol. The molecule has 1 amide bonds. The zero-order chi connectivity index (χ0) is 16.5. The minimum absolute atomic E-state index is 0.0956. The third-order valence-corrected chi connectivity index (χ3v) is 6.28. The lowest BCUT2D eigenvalue weighted by molar-refractivity contribution is 0.0932. The van der Waals surface area contributed by atoms with Gasteiger partial charge < -0.3 is 10.2 Å². The van der Waals surface area contributed by atoms with Gasteiger partial charge in [-0.1, -0.05) is 37.5 Å². The molecule has 0 unspecified atom stereocenters. The molecule has 2 aliphatic rings. The maximum atomic E-state index is 12.5. The third kappa shape index (κ3) is 2.95. The van der Waals surface area contributed by atoms with Crippen LogP contribution in [0.25, 0.3) is 0 Å². The van der Waals surface area contributed by atoms with Crippen molar-refractivity contribution < 1.29 is 4.79 Å². The van der Waals surface area contributed by atoms with E-state index in [4.69, 9.17) is 0 Å². The van der Waals surface area contributed by atoms with Crippen molar-refractivity contribution in [3.63, 3.8) is 0 Å². The van der Waals surface area contributed by atoms with Gasteiger partial charge in [0.25, 0.3) is 5.91 Å². The van der Waals surface area contributed by atoms with Gasteiger partial charge in [0.2, 0.25) is 0 Å². The highest BCUT2D eigenvalue weighted by molar-refractivity contribution is 7.18. The van der Waals surface area contributed by atoms with E-state index >= 15 is 0 Å². The second-order valence-electron chi connectivity index (χ2n) is 7.00. The number of hydrogen-bond donors (Lipinski definition) is 1. The number of nitrogens with one attached hydrogen (secondary N) is 1. The summed E-state index contributed by atoms with van der Waals surface area (Å²) in [5, 5.41) is 4.39. The molecule has 4 heteroatoms. The van der Waals surface area contributed by atoms with Gasteiger partial charge in [0, 0.05) is 17.8 Å². The summed E-state index contributed by atoms with van der Waals surface area (Å²) in [6.45, 7) is 2.25. The first-order valence-electron chi connectivity index (χ1n) is 9.00. The molecule has 1 fully saturated rings. The first kappa shape index (κ1) is 15.7. The molecule has 0 spiro atoms. The Hall–Kier alpha value is -1.81. The van der Waals surface area contributed by atoms with Crippen LogP contribution >= 0.6 is 11.3 Å². The molecule has 1 aromatic carbocycles. The summed E-state index contributed by atoms with van der Waals surface area (Å²) in [4.78, 5) is 15.7. The average molecular weight is 340 g/mol. The molecule has 1 aromatic heterocycles. The molecule has 1 saturated carbocycles. The SMILES string of the molecule is C[C@H]1Cc2ccccc2N1c1ccc(C(=O)NC2CCCCC2)s1. The van der Waals surface area contributed by atoms with Gasteiger partial charge in [0.1, 0.15) is 0 Å². The number of benzene rings is 1. The Bertz CT molecular complexity index is 733. The standard InChI is InChI=1S/C20H24N2OS/c1-14-13-15-7-5-6-10-17(15)22(14)19-12-11-18(24-19)20(23)21-16-8-3-2-4-9-16/h5-7,10-12,14,16H,2-4,8-9,13H2,1H3,(H,21,23)/t14-/m0/s1. The second-order valence-corrected chi connectivity index (χ2v) is 8.06. The molecular formula is C20H24N2OS. The van der Waals surface area contributed by atoms with Gasteiger partial charge in [-0.2, -0.15) is 0 Å². The summed E-state index contributed by atoms with van der Waals surface area (Å²) < 4.78 is 0. The van der Waals surface area contributed by atoms with Gasteiger partial charge in [-0.15, -0.1) is 11.3 Å². The van der Waals surface area contributed by atoms with Crippen LogP contribution in [0.15, 0.2) is 36.4 Å². The van der Waals surface area contributed by atoms with E-state index in [1.54, 1.807) is 11.3 Å². The van der Waals surface area contributed by atoms with Crippen LogP contribution in [0.4, 0.5) is 10.7 Å². The molecular weight excluding hydrogens is 316 g/mol. The van der Waals surface area contributed by atoms with Crippen molar-refractivity contribution in [3.8, 4) is 0 Å². The molecule has 1 atom stereocenters. The molecule has 1 aliphatic carbocycles. The highest BCUT2D eigenvalue weighted by Gasteiger charge is 2.28. The minimum Gasteiger partial charge on any atom is -0.349 e. The highest BCUT2D eigenvalue weighted by atomic mass is 32.1. The molecule has 126 valence electrons. The lowest BCUT2D eigenvalue weighted by atomic mass is 9.95. The predicted octanol–water partition coefficient (Wildman–Crippen LogP) is 4.89. The number of thiophene rings is 1. The van der Waals surface area contributed by atoms with Gasteiger partial charge in [-0.25, -0.2) is 0 Å². The Kier molecular flexibility index (Phi) is 4.31. The smallest absolute Gasteiger partial charge is 0.261 e. The van der Waals surface area contributed by atoms with E-state index < -0.39 is 0 Å². The molecule has 4 rings (SSSR count). The van der Waals surface area contributed by atoms with Crippen LogP contribution in [0.5, 0.6) is 0 Å². The third-order valence-electron chi connectivity index (χ3n) is 5.20. The second kappa shape index (κ2) is 6.60. The molecule has 0 radical (unpaired) electrons. The number of carbonyl (C=O) groups excluding carboxylic acids is 1. The van der Waals surface area contributed by atoms with E-state index in [-0.39, 0.29) is 5.91 Å². The summed E-state index contributed by atoms with van der Waals surface area (Å²) >= 11 is 1.61. The van der Waals surface area contributed by atoms with E-state index in [0.29, 0.717) is 12.1 Å². The Labute approximate surface area is 147 Å². The van der Waals surface area contributed by atoms with Crippen molar-refractivity contribution in [2.75, 3.05) is 4.90 Å². The van der Waals surface area contributed by atoms with Gasteiger partial charge in [-0.3, -0.25) is 4.79 Å². The zero-order valence-electron chi connectivity index (χ0n) is 14.1. The van der Waals surface area contributed by atoms with Crippen LogP contribution in [0.2, 0.25) is 0 Å². The number of anilines is 2. The van der Waals surface area contributed by atoms with Crippen molar-refractivity contribution in [1.82, 2.24) is 5.32 Å². The van der Waals surface area contributed by atoms with Crippen molar-refractivity contribution in [3.05, 3.63) is 46.8 Å². The monoisotopic (exact) mass is 340 g/mol. The largest absolute Gasteiger partial charge is 0.349 e. The molecule has 1 aliphatic heterocycles. The van der Waals surface area contributed by atoms with E-state index in [1.165, 1.54) is 35.5 Å². The molecule has 24 heavy (non-hydrogen) atoms. The first-order chi connectivity index (χ1) is 11.7. The van der Waals surface area contributed by atoms with Gasteiger partial charge in [0.15, 0.2) is 0 Å². The van der Waals surface area contributed by atoms with Crippen molar-refractivity contribution in [2.24, 2.45) is 0 Å². The van der Waals surface area contributed by atoms with Crippen LogP contribution < -0.4 is 10.2 Å². The van der Waals surface area contributed by atoms with Crippen molar-refractivity contribution in [2.45, 2.75) is 57.5 Å². The number of nitrogens with zero attached hydrogens (tertiary/aromatic N) is 1. The highest BCUT2D eigenvalue weighted by Crippen LogP contribution is 2.41. The fourth-order valence-electron chi connectivity index (χ4n) is 3.98. The van der Waals surface area contributed by atoms with Crippen LogP contribution in [-0.4, -0.2) is 18.0 Å². The van der Waals surface area contributed by atoms with Crippen molar-refractivity contribution >= 4 is 27.9 Å². The number of para-hydroxylation sites is 1. The maximum absolute atomic E-state index is 12.5. The Morgan fingerprint density at radius 3 is 2.75 bits per heavy atom. The number of hydrogen-bond acceptors (Lipinski definition) is 3. The van der Waals surface area contributed by atoms with E-state index in [1.807, 2.05) is 6.07 Å². The van der Waals surface area contributed by atoms with E-state index in [9.17, 15) is 4.79 Å². The first-order valence-corrected chi connectivity index (χ1v) is 9.82. The van der Waals surface area contributed by atoms with Crippen LogP contribution in [0.3, 0.4) is 0 Å². The number of amides is 1. The lowest BCUT2D eigenvalue weighted by Gasteiger charge is -2.23. The number of rotatable bonds is 3. The fourth-order valence-corrected chi connectivity index (χ4v) is 5.01. The van der Waals surface area contributed by atoms with Crippen molar-refractivity contribution in [1.29, 1.82) is 0 Å². The fraction of sp³-hybridized carbons (Fsp3) is 0.450. The molecule has 0 bridgehead atoms. The summed E-state index contributed by atoms with van der Waals surface area (Å²) in [6.07, 6.45) is 7.10. The molecule has 2 heterocycles. The Morgan fingerprint density at radius 2 is 1.92 bits per heavy atom. The summed E-state index contributed by atoms with van der Waals surface area (Å²) in [5.41, 5.74) is 2.68. The van der Waals surface area contributed by atoms with Crippen LogP contribution in [-0.2, 0) is 6.42 Å². The summed E-state index contributed by atoms with van der Waals surface area (Å²) in [7, 11) is 0. The van der Waals surface area contributed by atoms with Crippen LogP contribution in [0.1, 0.15) is 54.3 Å². The topological polar surface area (TPSA) is 32.3 Å². The normalized spacial score (nSPS) is 20.9. The number of fused-ring (bicyclic) bond motifs is 1. The average Bonchev–Trinajstić information content (AvgIpc) is 3.19. The summed E-state index contributed by atoms with van der Waals surface area (Å²) in [6, 6.07) is 13.5. The number of carbonyl (C=O) groups is 1.